The predicted octanol–water partition coefficient (Wildman–Crippen LogP) is 4.20. The van der Waals surface area contributed by atoms with Gasteiger partial charge >= 0.3 is 0 Å². The van der Waals surface area contributed by atoms with Crippen molar-refractivity contribution in [1.29, 1.82) is 0 Å². The van der Waals surface area contributed by atoms with Crippen LogP contribution in [-0.4, -0.2) is 17.5 Å². The van der Waals surface area contributed by atoms with E-state index in [0.29, 0.717) is 5.41 Å². The van der Waals surface area contributed by atoms with Crippen molar-refractivity contribution < 1.29 is 0 Å². The SMILES string of the molecule is Brc1cccc(CNC2=NCC3(CCCC3)CS2)c1. The minimum atomic E-state index is 0.533. The Bertz CT molecular complexity index is 481. The van der Waals surface area contributed by atoms with Crippen LogP contribution in [0.1, 0.15) is 31.2 Å². The molecule has 1 N–H and O–H groups in total. The fourth-order valence-electron chi connectivity index (χ4n) is 2.91. The fourth-order valence-corrected chi connectivity index (χ4v) is 4.51. The monoisotopic (exact) mass is 338 g/mol. The molecule has 0 aromatic heterocycles. The maximum Gasteiger partial charge on any atom is 0.156 e. The first-order valence-electron chi connectivity index (χ1n) is 6.91. The van der Waals surface area contributed by atoms with E-state index in [1.807, 2.05) is 11.8 Å². The van der Waals surface area contributed by atoms with Gasteiger partial charge in [-0.05, 0) is 36.0 Å². The third-order valence-electron chi connectivity index (χ3n) is 4.07. The van der Waals surface area contributed by atoms with Crippen LogP contribution < -0.4 is 5.32 Å². The lowest BCUT2D eigenvalue weighted by molar-refractivity contribution is 0.358. The van der Waals surface area contributed by atoms with E-state index >= 15 is 0 Å². The summed E-state index contributed by atoms with van der Waals surface area (Å²) in [7, 11) is 0. The molecule has 1 aromatic carbocycles. The summed E-state index contributed by atoms with van der Waals surface area (Å²) in [6.07, 6.45) is 5.55. The van der Waals surface area contributed by atoms with E-state index in [0.717, 1.165) is 22.7 Å². The number of amidine groups is 1. The first-order chi connectivity index (χ1) is 9.26. The van der Waals surface area contributed by atoms with Crippen LogP contribution in [0.3, 0.4) is 0 Å². The highest BCUT2D eigenvalue weighted by atomic mass is 79.9. The minimum Gasteiger partial charge on any atom is -0.361 e. The topological polar surface area (TPSA) is 24.4 Å². The largest absolute Gasteiger partial charge is 0.361 e. The number of nitrogens with zero attached hydrogens (tertiary/aromatic N) is 1. The van der Waals surface area contributed by atoms with E-state index in [9.17, 15) is 0 Å². The zero-order valence-corrected chi connectivity index (χ0v) is 13.4. The zero-order chi connectivity index (χ0) is 13.1. The van der Waals surface area contributed by atoms with Gasteiger partial charge in [0.1, 0.15) is 0 Å². The first-order valence-corrected chi connectivity index (χ1v) is 8.69. The van der Waals surface area contributed by atoms with Crippen LogP contribution in [0, 0.1) is 5.41 Å². The minimum absolute atomic E-state index is 0.533. The second-order valence-electron chi connectivity index (χ2n) is 5.60. The van der Waals surface area contributed by atoms with Gasteiger partial charge in [-0.1, -0.05) is 52.7 Å². The Morgan fingerprint density at radius 2 is 2.16 bits per heavy atom. The average Bonchev–Trinajstić information content (AvgIpc) is 2.87. The molecule has 0 atom stereocenters. The second kappa shape index (κ2) is 5.88. The molecule has 19 heavy (non-hydrogen) atoms. The Hall–Kier alpha value is -0.480. The Balaban J connectivity index is 1.55. The van der Waals surface area contributed by atoms with Crippen molar-refractivity contribution in [2.24, 2.45) is 10.4 Å². The summed E-state index contributed by atoms with van der Waals surface area (Å²) in [5.74, 6) is 1.25. The summed E-state index contributed by atoms with van der Waals surface area (Å²) in [6.45, 7) is 1.89. The van der Waals surface area contributed by atoms with Gasteiger partial charge in [0.05, 0.1) is 0 Å². The van der Waals surface area contributed by atoms with Crippen LogP contribution in [0.15, 0.2) is 33.7 Å². The highest BCUT2D eigenvalue weighted by Gasteiger charge is 2.36. The Labute approximate surface area is 127 Å². The highest BCUT2D eigenvalue weighted by Crippen LogP contribution is 2.43. The molecule has 1 fully saturated rings. The smallest absolute Gasteiger partial charge is 0.156 e. The van der Waals surface area contributed by atoms with Crippen molar-refractivity contribution in [3.05, 3.63) is 34.3 Å². The van der Waals surface area contributed by atoms with Crippen LogP contribution >= 0.6 is 27.7 Å². The summed E-state index contributed by atoms with van der Waals surface area (Å²) in [5.41, 5.74) is 1.82. The number of hydrogen-bond donors (Lipinski definition) is 1. The molecular formula is C15H19BrN2S. The average molecular weight is 339 g/mol. The standard InChI is InChI=1S/C15H19BrN2S/c16-13-5-3-4-12(8-13)9-17-14-18-10-15(11-19-14)6-1-2-7-15/h3-5,8H,1-2,6-7,9-11H2,(H,17,18). The van der Waals surface area contributed by atoms with Gasteiger partial charge in [-0.15, -0.1) is 0 Å². The summed E-state index contributed by atoms with van der Waals surface area (Å²) < 4.78 is 1.13. The molecule has 1 aliphatic carbocycles. The number of aliphatic imine (C=N–C) groups is 1. The van der Waals surface area contributed by atoms with Gasteiger partial charge in [-0.3, -0.25) is 4.99 Å². The fraction of sp³-hybridized carbons (Fsp3) is 0.533. The van der Waals surface area contributed by atoms with Gasteiger partial charge < -0.3 is 5.32 Å². The van der Waals surface area contributed by atoms with E-state index in [4.69, 9.17) is 4.99 Å². The number of benzene rings is 1. The Morgan fingerprint density at radius 1 is 1.32 bits per heavy atom. The summed E-state index contributed by atoms with van der Waals surface area (Å²) in [6, 6.07) is 8.43. The molecule has 102 valence electrons. The lowest BCUT2D eigenvalue weighted by atomic mass is 9.89. The molecule has 0 saturated heterocycles. The zero-order valence-electron chi connectivity index (χ0n) is 11.0. The van der Waals surface area contributed by atoms with Crippen LogP contribution in [0.5, 0.6) is 0 Å². The van der Waals surface area contributed by atoms with E-state index in [1.165, 1.54) is 37.0 Å². The molecule has 2 aliphatic rings. The maximum absolute atomic E-state index is 4.76. The van der Waals surface area contributed by atoms with Crippen molar-refractivity contribution in [1.82, 2.24) is 5.32 Å². The molecule has 2 nitrogen and oxygen atoms in total. The molecule has 0 bridgehead atoms. The molecule has 0 amide bonds. The Kier molecular flexibility index (Phi) is 4.18. The van der Waals surface area contributed by atoms with Crippen LogP contribution in [0.4, 0.5) is 0 Å². The number of hydrogen-bond acceptors (Lipinski definition) is 3. The molecule has 1 aromatic rings. The highest BCUT2D eigenvalue weighted by molar-refractivity contribution is 9.10. The van der Waals surface area contributed by atoms with Crippen LogP contribution in [-0.2, 0) is 6.54 Å². The molecule has 4 heteroatoms. The lowest BCUT2D eigenvalue weighted by Crippen LogP contribution is -2.33. The van der Waals surface area contributed by atoms with Crippen LogP contribution in [0.25, 0.3) is 0 Å². The van der Waals surface area contributed by atoms with E-state index in [2.05, 4.69) is 45.5 Å². The van der Waals surface area contributed by atoms with Crippen molar-refractivity contribution >= 4 is 32.9 Å². The van der Waals surface area contributed by atoms with Gasteiger partial charge in [0.2, 0.25) is 0 Å². The van der Waals surface area contributed by atoms with Crippen molar-refractivity contribution in [3.8, 4) is 0 Å². The molecule has 1 spiro atoms. The number of thioether (sulfide) groups is 1. The maximum atomic E-state index is 4.76. The second-order valence-corrected chi connectivity index (χ2v) is 7.48. The third kappa shape index (κ3) is 3.34. The molecule has 1 aliphatic heterocycles. The molecule has 3 rings (SSSR count). The summed E-state index contributed by atoms with van der Waals surface area (Å²) in [5, 5.41) is 4.59. The van der Waals surface area contributed by atoms with E-state index < -0.39 is 0 Å². The molecule has 1 saturated carbocycles. The van der Waals surface area contributed by atoms with Crippen molar-refractivity contribution in [3.63, 3.8) is 0 Å². The first kappa shape index (κ1) is 13.5. The van der Waals surface area contributed by atoms with Gasteiger partial charge in [0.25, 0.3) is 0 Å². The van der Waals surface area contributed by atoms with Crippen molar-refractivity contribution in [2.45, 2.75) is 32.2 Å². The van der Waals surface area contributed by atoms with E-state index in [-0.39, 0.29) is 0 Å². The molecule has 1 heterocycles. The predicted molar refractivity (Wildman–Crippen MR) is 86.6 cm³/mol. The molecule has 0 radical (unpaired) electrons. The summed E-state index contributed by atoms with van der Waals surface area (Å²) >= 11 is 5.42. The number of rotatable bonds is 2. The number of nitrogens with one attached hydrogen (secondary N) is 1. The molecule has 0 unspecified atom stereocenters. The summed E-state index contributed by atoms with van der Waals surface area (Å²) in [4.78, 5) is 4.76. The number of halogens is 1. The van der Waals surface area contributed by atoms with Gasteiger partial charge in [-0.2, -0.15) is 0 Å². The Morgan fingerprint density at radius 3 is 2.84 bits per heavy atom. The van der Waals surface area contributed by atoms with Gasteiger partial charge in [-0.25, -0.2) is 0 Å². The van der Waals surface area contributed by atoms with Crippen molar-refractivity contribution in [2.75, 3.05) is 12.3 Å². The lowest BCUT2D eigenvalue weighted by Gasteiger charge is -2.31. The van der Waals surface area contributed by atoms with E-state index in [1.54, 1.807) is 0 Å². The molecular weight excluding hydrogens is 320 g/mol. The van der Waals surface area contributed by atoms with Gasteiger partial charge in [0.15, 0.2) is 5.17 Å². The third-order valence-corrected chi connectivity index (χ3v) is 5.87. The van der Waals surface area contributed by atoms with Gasteiger partial charge in [0, 0.05) is 23.3 Å². The van der Waals surface area contributed by atoms with Crippen LogP contribution in [0.2, 0.25) is 0 Å². The normalized spacial score (nSPS) is 21.4. The quantitative estimate of drug-likeness (QED) is 0.873.